The van der Waals surface area contributed by atoms with E-state index in [1.807, 2.05) is 9.80 Å². The zero-order chi connectivity index (χ0) is 16.2. The first-order valence-corrected chi connectivity index (χ1v) is 8.80. The summed E-state index contributed by atoms with van der Waals surface area (Å²) in [5, 5.41) is 12.2. The fourth-order valence-electron chi connectivity index (χ4n) is 3.41. The van der Waals surface area contributed by atoms with E-state index in [1.54, 1.807) is 0 Å². The second kappa shape index (κ2) is 8.99. The van der Waals surface area contributed by atoms with Crippen LogP contribution in [0.15, 0.2) is 0 Å². The number of aliphatic hydroxyl groups excluding tert-OH is 1. The van der Waals surface area contributed by atoms with Gasteiger partial charge in [-0.1, -0.05) is 0 Å². The molecule has 3 fully saturated rings. The van der Waals surface area contributed by atoms with Gasteiger partial charge in [-0.25, -0.2) is 0 Å². The van der Waals surface area contributed by atoms with Crippen LogP contribution in [0, 0.1) is 5.92 Å². The average molecular weight is 361 g/mol. The van der Waals surface area contributed by atoms with Gasteiger partial charge in [0.05, 0.1) is 19.1 Å². The van der Waals surface area contributed by atoms with E-state index in [1.165, 1.54) is 12.8 Å². The van der Waals surface area contributed by atoms with Crippen molar-refractivity contribution in [2.45, 2.75) is 25.3 Å². The fraction of sp³-hybridized carbons (Fsp3) is 0.875. The summed E-state index contributed by atoms with van der Waals surface area (Å²) in [6, 6.07) is -0.356. The minimum absolute atomic E-state index is 0. The number of rotatable bonds is 6. The molecule has 8 heteroatoms. The maximum absolute atomic E-state index is 12.5. The summed E-state index contributed by atoms with van der Waals surface area (Å²) in [6.07, 6.45) is 2.73. The van der Waals surface area contributed by atoms with Crippen LogP contribution in [0.25, 0.3) is 0 Å². The van der Waals surface area contributed by atoms with Gasteiger partial charge in [0.2, 0.25) is 11.8 Å². The van der Waals surface area contributed by atoms with Crippen LogP contribution >= 0.6 is 12.4 Å². The monoisotopic (exact) mass is 360 g/mol. The Morgan fingerprint density at radius 1 is 1.17 bits per heavy atom. The number of hydrogen-bond acceptors (Lipinski definition) is 5. The Morgan fingerprint density at radius 2 is 1.88 bits per heavy atom. The van der Waals surface area contributed by atoms with Crippen molar-refractivity contribution in [1.29, 1.82) is 0 Å². The van der Waals surface area contributed by atoms with Gasteiger partial charge < -0.3 is 20.2 Å². The van der Waals surface area contributed by atoms with Gasteiger partial charge in [0.25, 0.3) is 0 Å². The van der Waals surface area contributed by atoms with E-state index in [0.717, 1.165) is 32.7 Å². The maximum atomic E-state index is 12.5. The number of nitrogens with zero attached hydrogens (tertiary/aromatic N) is 3. The number of halogens is 1. The Bertz CT molecular complexity index is 439. The minimum Gasteiger partial charge on any atom is -0.395 e. The quantitative estimate of drug-likeness (QED) is 0.645. The van der Waals surface area contributed by atoms with E-state index >= 15 is 0 Å². The number of carbonyl (C=O) groups excluding carboxylic acids is 2. The van der Waals surface area contributed by atoms with Crippen LogP contribution in [0.3, 0.4) is 0 Å². The summed E-state index contributed by atoms with van der Waals surface area (Å²) in [7, 11) is 0. The third kappa shape index (κ3) is 5.05. The molecule has 2 amide bonds. The molecule has 2 heterocycles. The molecule has 2 saturated heterocycles. The summed E-state index contributed by atoms with van der Waals surface area (Å²) >= 11 is 0. The Labute approximate surface area is 149 Å². The highest BCUT2D eigenvalue weighted by atomic mass is 35.5. The molecule has 3 aliphatic rings. The van der Waals surface area contributed by atoms with Crippen molar-refractivity contribution >= 4 is 24.2 Å². The van der Waals surface area contributed by atoms with Crippen molar-refractivity contribution in [3.05, 3.63) is 0 Å². The van der Waals surface area contributed by atoms with Gasteiger partial charge in [-0.2, -0.15) is 0 Å². The zero-order valence-corrected chi connectivity index (χ0v) is 15.0. The molecule has 2 aliphatic heterocycles. The SMILES string of the molecule is Cl.O=C(CC1NCCN(CC2CC2)C1=O)N1CCN(CCO)CC1. The number of hydrogen-bond donors (Lipinski definition) is 2. The van der Waals surface area contributed by atoms with Crippen LogP contribution in [0.4, 0.5) is 0 Å². The molecule has 3 rings (SSSR count). The lowest BCUT2D eigenvalue weighted by Crippen LogP contribution is -2.57. The molecule has 1 aliphatic carbocycles. The van der Waals surface area contributed by atoms with E-state index in [-0.39, 0.29) is 43.3 Å². The molecular formula is C16H29ClN4O3. The Kier molecular flexibility index (Phi) is 7.28. The zero-order valence-electron chi connectivity index (χ0n) is 14.2. The molecule has 1 atom stereocenters. The molecule has 0 bridgehead atoms. The minimum atomic E-state index is -0.356. The molecule has 0 aromatic carbocycles. The lowest BCUT2D eigenvalue weighted by Gasteiger charge is -2.37. The second-order valence-electron chi connectivity index (χ2n) is 6.88. The molecule has 1 unspecified atom stereocenters. The summed E-state index contributed by atoms with van der Waals surface area (Å²) < 4.78 is 0. The standard InChI is InChI=1S/C16H28N4O3.ClH/c21-10-9-18-5-7-19(8-6-18)15(22)11-14-16(23)20(4-3-17-14)12-13-1-2-13;/h13-14,17,21H,1-12H2;1H. The number of β-amino-alcohol motifs (C(OH)–C–C–N with tert-alkyl or cyclic N) is 1. The first-order valence-electron chi connectivity index (χ1n) is 8.80. The average Bonchev–Trinajstić information content (AvgIpc) is 3.36. The van der Waals surface area contributed by atoms with E-state index in [9.17, 15) is 9.59 Å². The summed E-state index contributed by atoms with van der Waals surface area (Å²) in [6.45, 7) is 6.20. The van der Waals surface area contributed by atoms with E-state index in [2.05, 4.69) is 10.2 Å². The summed E-state index contributed by atoms with van der Waals surface area (Å²) in [5.74, 6) is 0.844. The van der Waals surface area contributed by atoms with Gasteiger partial charge in [-0.05, 0) is 18.8 Å². The first kappa shape index (κ1) is 19.4. The molecule has 2 N–H and O–H groups in total. The van der Waals surface area contributed by atoms with Crippen molar-refractivity contribution in [1.82, 2.24) is 20.0 Å². The second-order valence-corrected chi connectivity index (χ2v) is 6.88. The predicted molar refractivity (Wildman–Crippen MR) is 93.1 cm³/mol. The van der Waals surface area contributed by atoms with Crippen LogP contribution < -0.4 is 5.32 Å². The third-order valence-electron chi connectivity index (χ3n) is 5.08. The maximum Gasteiger partial charge on any atom is 0.240 e. The van der Waals surface area contributed by atoms with Crippen LogP contribution in [0.5, 0.6) is 0 Å². The van der Waals surface area contributed by atoms with E-state index in [0.29, 0.717) is 25.6 Å². The first-order chi connectivity index (χ1) is 11.2. The van der Waals surface area contributed by atoms with Crippen LogP contribution in [0.2, 0.25) is 0 Å². The molecule has 0 aromatic rings. The van der Waals surface area contributed by atoms with E-state index in [4.69, 9.17) is 5.11 Å². The van der Waals surface area contributed by atoms with Gasteiger partial charge >= 0.3 is 0 Å². The molecule has 0 radical (unpaired) electrons. The van der Waals surface area contributed by atoms with Gasteiger partial charge in [0.15, 0.2) is 0 Å². The van der Waals surface area contributed by atoms with Gasteiger partial charge in [0, 0.05) is 52.4 Å². The highest BCUT2D eigenvalue weighted by molar-refractivity contribution is 5.89. The lowest BCUT2D eigenvalue weighted by atomic mass is 10.1. The van der Waals surface area contributed by atoms with Crippen LogP contribution in [-0.2, 0) is 9.59 Å². The predicted octanol–water partition coefficient (Wildman–Crippen LogP) is -0.855. The number of piperazine rings is 2. The molecule has 0 aromatic heterocycles. The molecular weight excluding hydrogens is 332 g/mol. The lowest BCUT2D eigenvalue weighted by molar-refractivity contribution is -0.141. The van der Waals surface area contributed by atoms with Crippen molar-refractivity contribution < 1.29 is 14.7 Å². The normalized spacial score (nSPS) is 25.5. The highest BCUT2D eigenvalue weighted by Gasteiger charge is 2.34. The Balaban J connectivity index is 0.00000208. The topological polar surface area (TPSA) is 76.1 Å². The Morgan fingerprint density at radius 3 is 2.50 bits per heavy atom. The number of carbonyl (C=O) groups is 2. The van der Waals surface area contributed by atoms with Crippen molar-refractivity contribution in [2.24, 2.45) is 5.92 Å². The van der Waals surface area contributed by atoms with Crippen LogP contribution in [-0.4, -0.2) is 96.6 Å². The number of amides is 2. The molecule has 24 heavy (non-hydrogen) atoms. The number of aliphatic hydroxyl groups is 1. The van der Waals surface area contributed by atoms with Crippen LogP contribution in [0.1, 0.15) is 19.3 Å². The van der Waals surface area contributed by atoms with Crippen molar-refractivity contribution in [3.63, 3.8) is 0 Å². The smallest absolute Gasteiger partial charge is 0.240 e. The molecule has 138 valence electrons. The highest BCUT2D eigenvalue weighted by Crippen LogP contribution is 2.30. The summed E-state index contributed by atoms with van der Waals surface area (Å²) in [4.78, 5) is 30.9. The van der Waals surface area contributed by atoms with Gasteiger partial charge in [-0.3, -0.25) is 14.5 Å². The largest absolute Gasteiger partial charge is 0.395 e. The number of nitrogens with one attached hydrogen (secondary N) is 1. The van der Waals surface area contributed by atoms with Crippen molar-refractivity contribution in [3.8, 4) is 0 Å². The molecule has 7 nitrogen and oxygen atoms in total. The molecule has 0 spiro atoms. The fourth-order valence-corrected chi connectivity index (χ4v) is 3.41. The summed E-state index contributed by atoms with van der Waals surface area (Å²) in [5.41, 5.74) is 0. The van der Waals surface area contributed by atoms with Gasteiger partial charge in [0.1, 0.15) is 0 Å². The molecule has 1 saturated carbocycles. The van der Waals surface area contributed by atoms with Gasteiger partial charge in [-0.15, -0.1) is 12.4 Å². The Hall–Kier alpha value is -0.890. The third-order valence-corrected chi connectivity index (χ3v) is 5.08. The van der Waals surface area contributed by atoms with Crippen molar-refractivity contribution in [2.75, 3.05) is 59.0 Å². The van der Waals surface area contributed by atoms with E-state index < -0.39 is 0 Å².